The lowest BCUT2D eigenvalue weighted by molar-refractivity contribution is 0.109. The van der Waals surface area contributed by atoms with E-state index in [4.69, 9.17) is 14.5 Å². The first-order valence-electron chi connectivity index (χ1n) is 11.2. The van der Waals surface area contributed by atoms with Gasteiger partial charge in [-0.3, -0.25) is 0 Å². The standard InChI is InChI=1S/C24H28N6O2/c1-24(2,3)20-13-30-21(27-20)4-5-22(28-30)32-14-16-6-8-29(12-16)23-17(11-25)10-18-15-31-9-7-19(18)26-23/h4-5,10,13,16H,6-9,12,14-15H2,1-3H3. The molecular weight excluding hydrogens is 404 g/mol. The van der Waals surface area contributed by atoms with E-state index in [-0.39, 0.29) is 5.41 Å². The van der Waals surface area contributed by atoms with E-state index < -0.39 is 0 Å². The van der Waals surface area contributed by atoms with Gasteiger partial charge in [0.05, 0.1) is 43.0 Å². The SMILES string of the molecule is CC(C)(C)c1cn2nc(OCC3CCN(c4nc5c(cc4C#N)COCC5)C3)ccc2n1. The maximum atomic E-state index is 9.64. The summed E-state index contributed by atoms with van der Waals surface area (Å²) < 4.78 is 13.3. The largest absolute Gasteiger partial charge is 0.476 e. The predicted octanol–water partition coefficient (Wildman–Crippen LogP) is 3.27. The number of nitrogens with zero attached hydrogens (tertiary/aromatic N) is 6. The zero-order chi connectivity index (χ0) is 22.3. The van der Waals surface area contributed by atoms with Gasteiger partial charge in [0, 0.05) is 42.5 Å². The van der Waals surface area contributed by atoms with Crippen molar-refractivity contribution in [3.05, 3.63) is 46.9 Å². The van der Waals surface area contributed by atoms with Crippen molar-refractivity contribution < 1.29 is 9.47 Å². The number of nitriles is 1. The highest BCUT2D eigenvalue weighted by Crippen LogP contribution is 2.29. The van der Waals surface area contributed by atoms with Gasteiger partial charge in [-0.05, 0) is 18.6 Å². The second kappa shape index (κ2) is 8.06. The van der Waals surface area contributed by atoms with E-state index in [0.29, 0.717) is 37.2 Å². The highest BCUT2D eigenvalue weighted by atomic mass is 16.5. The Morgan fingerprint density at radius 1 is 1.28 bits per heavy atom. The number of pyridine rings is 1. The molecule has 2 aliphatic heterocycles. The molecule has 0 radical (unpaired) electrons. The normalized spacial score (nSPS) is 18.6. The topological polar surface area (TPSA) is 88.6 Å². The molecule has 1 atom stereocenters. The molecular formula is C24H28N6O2. The van der Waals surface area contributed by atoms with E-state index in [9.17, 15) is 5.26 Å². The third kappa shape index (κ3) is 4.00. The van der Waals surface area contributed by atoms with Gasteiger partial charge in [0.2, 0.25) is 5.88 Å². The van der Waals surface area contributed by atoms with Crippen molar-refractivity contribution in [2.24, 2.45) is 5.92 Å². The highest BCUT2D eigenvalue weighted by molar-refractivity contribution is 5.57. The minimum absolute atomic E-state index is 0.0257. The van der Waals surface area contributed by atoms with Crippen LogP contribution in [0, 0.1) is 17.2 Å². The summed E-state index contributed by atoms with van der Waals surface area (Å²) in [6.07, 6.45) is 3.76. The highest BCUT2D eigenvalue weighted by Gasteiger charge is 2.27. The Kier molecular flexibility index (Phi) is 5.22. The molecule has 0 amide bonds. The molecule has 8 heteroatoms. The summed E-state index contributed by atoms with van der Waals surface area (Å²) in [6, 6.07) is 8.08. The van der Waals surface area contributed by atoms with Crippen LogP contribution in [0.15, 0.2) is 24.4 Å². The Bertz CT molecular complexity index is 1190. The van der Waals surface area contributed by atoms with Crippen molar-refractivity contribution >= 4 is 11.5 Å². The van der Waals surface area contributed by atoms with Gasteiger partial charge in [-0.1, -0.05) is 20.8 Å². The van der Waals surface area contributed by atoms with Crippen LogP contribution in [0.1, 0.15) is 49.7 Å². The van der Waals surface area contributed by atoms with Crippen molar-refractivity contribution in [2.45, 2.75) is 45.6 Å². The van der Waals surface area contributed by atoms with Gasteiger partial charge in [-0.2, -0.15) is 5.26 Å². The van der Waals surface area contributed by atoms with Crippen LogP contribution < -0.4 is 9.64 Å². The maximum absolute atomic E-state index is 9.64. The Morgan fingerprint density at radius 3 is 2.97 bits per heavy atom. The molecule has 0 aliphatic carbocycles. The molecule has 1 fully saturated rings. The van der Waals surface area contributed by atoms with Gasteiger partial charge < -0.3 is 14.4 Å². The monoisotopic (exact) mass is 432 g/mol. The lowest BCUT2D eigenvalue weighted by Gasteiger charge is -2.23. The first-order valence-corrected chi connectivity index (χ1v) is 11.2. The number of anilines is 1. The van der Waals surface area contributed by atoms with Gasteiger partial charge in [0.1, 0.15) is 11.9 Å². The lowest BCUT2D eigenvalue weighted by Crippen LogP contribution is -2.25. The van der Waals surface area contributed by atoms with E-state index in [1.807, 2.05) is 24.4 Å². The van der Waals surface area contributed by atoms with Crippen LogP contribution in [-0.4, -0.2) is 45.9 Å². The fourth-order valence-corrected chi connectivity index (χ4v) is 4.26. The number of ether oxygens (including phenoxy) is 2. The van der Waals surface area contributed by atoms with Crippen LogP contribution in [0.5, 0.6) is 5.88 Å². The van der Waals surface area contributed by atoms with Crippen molar-refractivity contribution in [1.82, 2.24) is 19.6 Å². The fraction of sp³-hybridized carbons (Fsp3) is 0.500. The van der Waals surface area contributed by atoms with Crippen LogP contribution >= 0.6 is 0 Å². The van der Waals surface area contributed by atoms with Crippen molar-refractivity contribution in [1.29, 1.82) is 5.26 Å². The van der Waals surface area contributed by atoms with E-state index in [1.54, 1.807) is 4.52 Å². The average molecular weight is 433 g/mol. The average Bonchev–Trinajstić information content (AvgIpc) is 3.43. The first kappa shape index (κ1) is 20.7. The van der Waals surface area contributed by atoms with Crippen LogP contribution in [0.4, 0.5) is 5.82 Å². The summed E-state index contributed by atoms with van der Waals surface area (Å²) >= 11 is 0. The minimum atomic E-state index is -0.0257. The number of hydrogen-bond acceptors (Lipinski definition) is 7. The van der Waals surface area contributed by atoms with Crippen molar-refractivity contribution in [2.75, 3.05) is 31.2 Å². The Labute approximate surface area is 187 Å². The van der Waals surface area contributed by atoms with Crippen LogP contribution in [-0.2, 0) is 23.2 Å². The van der Waals surface area contributed by atoms with Gasteiger partial charge in [-0.15, -0.1) is 5.10 Å². The molecule has 0 N–H and O–H groups in total. The molecule has 2 aliphatic rings. The maximum Gasteiger partial charge on any atom is 0.231 e. The van der Waals surface area contributed by atoms with Crippen LogP contribution in [0.2, 0.25) is 0 Å². The van der Waals surface area contributed by atoms with E-state index in [2.05, 4.69) is 41.8 Å². The zero-order valence-electron chi connectivity index (χ0n) is 18.8. The number of fused-ring (bicyclic) bond motifs is 2. The molecule has 5 rings (SSSR count). The number of rotatable bonds is 4. The zero-order valence-corrected chi connectivity index (χ0v) is 18.8. The number of imidazole rings is 1. The minimum Gasteiger partial charge on any atom is -0.476 e. The molecule has 166 valence electrons. The van der Waals surface area contributed by atoms with Crippen LogP contribution in [0.3, 0.4) is 0 Å². The molecule has 0 bridgehead atoms. The quantitative estimate of drug-likeness (QED) is 0.625. The summed E-state index contributed by atoms with van der Waals surface area (Å²) in [5, 5.41) is 14.2. The van der Waals surface area contributed by atoms with Gasteiger partial charge in [0.25, 0.3) is 0 Å². The third-order valence-corrected chi connectivity index (χ3v) is 6.15. The van der Waals surface area contributed by atoms with Crippen molar-refractivity contribution in [3.8, 4) is 11.9 Å². The molecule has 5 heterocycles. The smallest absolute Gasteiger partial charge is 0.231 e. The lowest BCUT2D eigenvalue weighted by atomic mass is 9.93. The molecule has 8 nitrogen and oxygen atoms in total. The molecule has 3 aromatic rings. The molecule has 1 unspecified atom stereocenters. The second-order valence-corrected chi connectivity index (χ2v) is 9.64. The number of hydrogen-bond donors (Lipinski definition) is 0. The van der Waals surface area contributed by atoms with Gasteiger partial charge in [-0.25, -0.2) is 14.5 Å². The predicted molar refractivity (Wildman–Crippen MR) is 120 cm³/mol. The second-order valence-electron chi connectivity index (χ2n) is 9.64. The molecule has 3 aromatic heterocycles. The van der Waals surface area contributed by atoms with Crippen LogP contribution in [0.25, 0.3) is 5.65 Å². The Balaban J connectivity index is 1.25. The third-order valence-electron chi connectivity index (χ3n) is 6.15. The molecule has 1 saturated heterocycles. The van der Waals surface area contributed by atoms with E-state index >= 15 is 0 Å². The van der Waals surface area contributed by atoms with Gasteiger partial charge >= 0.3 is 0 Å². The molecule has 0 saturated carbocycles. The van der Waals surface area contributed by atoms with Crippen molar-refractivity contribution in [3.63, 3.8) is 0 Å². The summed E-state index contributed by atoms with van der Waals surface area (Å²) in [7, 11) is 0. The Hall–Kier alpha value is -3.18. The molecule has 0 aromatic carbocycles. The van der Waals surface area contributed by atoms with E-state index in [0.717, 1.165) is 54.3 Å². The summed E-state index contributed by atoms with van der Waals surface area (Å²) in [5.41, 5.74) is 4.51. The van der Waals surface area contributed by atoms with E-state index in [1.165, 1.54) is 0 Å². The fourth-order valence-electron chi connectivity index (χ4n) is 4.26. The van der Waals surface area contributed by atoms with Gasteiger partial charge in [0.15, 0.2) is 5.65 Å². The summed E-state index contributed by atoms with van der Waals surface area (Å²) in [6.45, 7) is 9.91. The molecule has 32 heavy (non-hydrogen) atoms. The summed E-state index contributed by atoms with van der Waals surface area (Å²) in [4.78, 5) is 11.7. The molecule has 0 spiro atoms. The summed E-state index contributed by atoms with van der Waals surface area (Å²) in [5.74, 6) is 1.75. The Morgan fingerprint density at radius 2 is 2.16 bits per heavy atom. The number of aromatic nitrogens is 4. The first-order chi connectivity index (χ1) is 15.4.